The normalized spacial score (nSPS) is 10.1. The average Bonchev–Trinajstić information content (AvgIpc) is 2.40. The number of benzene rings is 1. The molecule has 1 heterocycles. The molecule has 5 heteroatoms. The number of carbonyl (C=O) groups excluding carboxylic acids is 1. The van der Waals surface area contributed by atoms with Gasteiger partial charge in [0.2, 0.25) is 0 Å². The van der Waals surface area contributed by atoms with Gasteiger partial charge in [0.25, 0.3) is 5.91 Å². The largest absolute Gasteiger partial charge is 0.383 e. The summed E-state index contributed by atoms with van der Waals surface area (Å²) in [6.07, 6.45) is 0.976. The Morgan fingerprint density at radius 1 is 1.33 bits per heavy atom. The van der Waals surface area contributed by atoms with Crippen molar-refractivity contribution < 1.29 is 9.18 Å². The number of amides is 1. The number of hydrogen-bond donors (Lipinski definition) is 2. The molecule has 0 fully saturated rings. The fraction of sp³-hybridized carbons (Fsp3) is 0.0769. The Bertz CT molecular complexity index is 557. The molecule has 0 radical (unpaired) electrons. The molecule has 0 aliphatic heterocycles. The van der Waals surface area contributed by atoms with E-state index in [1.807, 2.05) is 30.3 Å². The van der Waals surface area contributed by atoms with E-state index in [1.165, 1.54) is 0 Å². The van der Waals surface area contributed by atoms with Crippen LogP contribution >= 0.6 is 0 Å². The first kappa shape index (κ1) is 12.0. The number of pyridine rings is 1. The van der Waals surface area contributed by atoms with E-state index in [1.54, 1.807) is 0 Å². The maximum atomic E-state index is 13.0. The lowest BCUT2D eigenvalue weighted by atomic mass is 10.2. The molecule has 0 saturated carbocycles. The lowest BCUT2D eigenvalue weighted by molar-refractivity contribution is 0.0951. The second kappa shape index (κ2) is 5.27. The lowest BCUT2D eigenvalue weighted by Crippen LogP contribution is -2.24. The van der Waals surface area contributed by atoms with Gasteiger partial charge in [0.05, 0.1) is 11.8 Å². The highest BCUT2D eigenvalue weighted by Gasteiger charge is 2.11. The number of anilines is 1. The summed E-state index contributed by atoms with van der Waals surface area (Å²) in [6, 6.07) is 10.5. The number of carbonyl (C=O) groups is 1. The molecule has 1 amide bonds. The molecule has 2 aromatic rings. The van der Waals surface area contributed by atoms with Crippen molar-refractivity contribution in [1.29, 1.82) is 0 Å². The number of aromatic nitrogens is 1. The van der Waals surface area contributed by atoms with Crippen LogP contribution in [0.4, 0.5) is 10.2 Å². The zero-order valence-corrected chi connectivity index (χ0v) is 9.56. The molecule has 0 saturated heterocycles. The molecule has 0 atom stereocenters. The minimum Gasteiger partial charge on any atom is -0.383 e. The Labute approximate surface area is 104 Å². The highest BCUT2D eigenvalue weighted by molar-refractivity contribution is 5.98. The summed E-state index contributed by atoms with van der Waals surface area (Å²) in [6.45, 7) is 0.357. The predicted molar refractivity (Wildman–Crippen MR) is 66.2 cm³/mol. The van der Waals surface area contributed by atoms with Crippen molar-refractivity contribution >= 4 is 11.7 Å². The molecule has 0 bridgehead atoms. The molecule has 92 valence electrons. The summed E-state index contributed by atoms with van der Waals surface area (Å²) in [5.41, 5.74) is 6.52. The third kappa shape index (κ3) is 2.82. The maximum Gasteiger partial charge on any atom is 0.255 e. The Balaban J connectivity index is 2.06. The first-order valence-electron chi connectivity index (χ1n) is 5.40. The molecule has 3 N–H and O–H groups in total. The highest BCUT2D eigenvalue weighted by Crippen LogP contribution is 2.10. The average molecular weight is 245 g/mol. The molecule has 0 unspecified atom stereocenters. The van der Waals surface area contributed by atoms with Gasteiger partial charge in [-0.25, -0.2) is 9.37 Å². The van der Waals surface area contributed by atoms with E-state index >= 15 is 0 Å². The third-order valence-corrected chi connectivity index (χ3v) is 2.43. The van der Waals surface area contributed by atoms with E-state index in [4.69, 9.17) is 5.73 Å². The van der Waals surface area contributed by atoms with Crippen molar-refractivity contribution in [3.05, 3.63) is 59.5 Å². The van der Waals surface area contributed by atoms with Crippen molar-refractivity contribution in [3.63, 3.8) is 0 Å². The molecule has 0 aliphatic carbocycles. The van der Waals surface area contributed by atoms with Crippen molar-refractivity contribution in [1.82, 2.24) is 10.3 Å². The van der Waals surface area contributed by atoms with Crippen molar-refractivity contribution in [2.75, 3.05) is 5.73 Å². The Morgan fingerprint density at radius 2 is 2.06 bits per heavy atom. The van der Waals surface area contributed by atoms with Gasteiger partial charge < -0.3 is 11.1 Å². The minimum atomic E-state index is -0.589. The number of hydrogen-bond acceptors (Lipinski definition) is 3. The summed E-state index contributed by atoms with van der Waals surface area (Å²) in [5, 5.41) is 2.66. The second-order valence-electron chi connectivity index (χ2n) is 3.75. The number of rotatable bonds is 3. The lowest BCUT2D eigenvalue weighted by Gasteiger charge is -2.07. The van der Waals surface area contributed by atoms with E-state index in [2.05, 4.69) is 10.3 Å². The standard InChI is InChI=1S/C13H12FN3O/c14-10-6-11(12(15)16-8-10)13(18)17-7-9-4-2-1-3-5-9/h1-6,8H,7H2,(H2,15,16)(H,17,18). The smallest absolute Gasteiger partial charge is 0.255 e. The third-order valence-electron chi connectivity index (χ3n) is 2.43. The van der Waals surface area contributed by atoms with Gasteiger partial charge in [-0.3, -0.25) is 4.79 Å². The molecule has 1 aromatic heterocycles. The Morgan fingerprint density at radius 3 is 2.78 bits per heavy atom. The molecule has 0 spiro atoms. The maximum absolute atomic E-state index is 13.0. The summed E-state index contributed by atoms with van der Waals surface area (Å²) in [7, 11) is 0. The van der Waals surface area contributed by atoms with Gasteiger partial charge in [-0.1, -0.05) is 30.3 Å². The Hall–Kier alpha value is -2.43. The van der Waals surface area contributed by atoms with E-state index in [0.717, 1.165) is 17.8 Å². The summed E-state index contributed by atoms with van der Waals surface area (Å²) in [5.74, 6) is -1.01. The molecule has 2 rings (SSSR count). The minimum absolute atomic E-state index is 0.0157. The SMILES string of the molecule is Nc1ncc(F)cc1C(=O)NCc1ccccc1. The van der Waals surface area contributed by atoms with Crippen molar-refractivity contribution in [2.45, 2.75) is 6.54 Å². The fourth-order valence-corrected chi connectivity index (χ4v) is 1.51. The topological polar surface area (TPSA) is 68.0 Å². The number of halogens is 1. The highest BCUT2D eigenvalue weighted by atomic mass is 19.1. The quantitative estimate of drug-likeness (QED) is 0.865. The van der Waals surface area contributed by atoms with Crippen LogP contribution in [0.25, 0.3) is 0 Å². The van der Waals surface area contributed by atoms with Gasteiger partial charge >= 0.3 is 0 Å². The first-order valence-corrected chi connectivity index (χ1v) is 5.40. The molecule has 18 heavy (non-hydrogen) atoms. The monoisotopic (exact) mass is 245 g/mol. The van der Waals surface area contributed by atoms with Crippen LogP contribution in [-0.2, 0) is 6.54 Å². The number of nitrogens with zero attached hydrogens (tertiary/aromatic N) is 1. The van der Waals surface area contributed by atoms with E-state index in [-0.39, 0.29) is 11.4 Å². The van der Waals surface area contributed by atoms with Gasteiger partial charge in [-0.05, 0) is 11.6 Å². The van der Waals surface area contributed by atoms with Gasteiger partial charge in [0.15, 0.2) is 0 Å². The second-order valence-corrected chi connectivity index (χ2v) is 3.75. The van der Waals surface area contributed by atoms with Crippen LogP contribution in [0.15, 0.2) is 42.6 Å². The predicted octanol–water partition coefficient (Wildman–Crippen LogP) is 1.73. The molecule has 4 nitrogen and oxygen atoms in total. The summed E-state index contributed by atoms with van der Waals surface area (Å²) >= 11 is 0. The number of nitrogens with one attached hydrogen (secondary N) is 1. The van der Waals surface area contributed by atoms with Crippen LogP contribution in [0.2, 0.25) is 0 Å². The molecule has 0 aliphatic rings. The molecule has 1 aromatic carbocycles. The van der Waals surface area contributed by atoms with E-state index in [0.29, 0.717) is 6.54 Å². The fourth-order valence-electron chi connectivity index (χ4n) is 1.51. The van der Waals surface area contributed by atoms with Gasteiger partial charge in [-0.15, -0.1) is 0 Å². The van der Waals surface area contributed by atoms with Crippen LogP contribution in [-0.4, -0.2) is 10.9 Å². The van der Waals surface area contributed by atoms with Crippen LogP contribution < -0.4 is 11.1 Å². The number of nitrogens with two attached hydrogens (primary N) is 1. The van der Waals surface area contributed by atoms with Gasteiger partial charge in [0, 0.05) is 6.54 Å². The van der Waals surface area contributed by atoms with Crippen molar-refractivity contribution in [2.24, 2.45) is 0 Å². The molecular formula is C13H12FN3O. The van der Waals surface area contributed by atoms with Crippen LogP contribution in [0.3, 0.4) is 0 Å². The van der Waals surface area contributed by atoms with Crippen LogP contribution in [0.5, 0.6) is 0 Å². The number of nitrogen functional groups attached to an aromatic ring is 1. The van der Waals surface area contributed by atoms with Gasteiger partial charge in [-0.2, -0.15) is 0 Å². The Kier molecular flexibility index (Phi) is 3.52. The summed E-state index contributed by atoms with van der Waals surface area (Å²) in [4.78, 5) is 15.4. The van der Waals surface area contributed by atoms with E-state index < -0.39 is 11.7 Å². The first-order chi connectivity index (χ1) is 8.66. The van der Waals surface area contributed by atoms with Gasteiger partial charge in [0.1, 0.15) is 11.6 Å². The van der Waals surface area contributed by atoms with Crippen molar-refractivity contribution in [3.8, 4) is 0 Å². The van der Waals surface area contributed by atoms with Crippen LogP contribution in [0.1, 0.15) is 15.9 Å². The van der Waals surface area contributed by atoms with Crippen LogP contribution in [0, 0.1) is 5.82 Å². The zero-order valence-electron chi connectivity index (χ0n) is 9.56. The molecular weight excluding hydrogens is 233 g/mol. The zero-order chi connectivity index (χ0) is 13.0. The summed E-state index contributed by atoms with van der Waals surface area (Å²) < 4.78 is 13.0. The van der Waals surface area contributed by atoms with E-state index in [9.17, 15) is 9.18 Å².